The summed E-state index contributed by atoms with van der Waals surface area (Å²) in [6, 6.07) is 7.66. The highest BCUT2D eigenvalue weighted by Gasteiger charge is 2.19. The number of hydrogen-bond acceptors (Lipinski definition) is 4. The lowest BCUT2D eigenvalue weighted by Gasteiger charge is -2.19. The van der Waals surface area contributed by atoms with Crippen LogP contribution in [0.2, 0.25) is 5.02 Å². The lowest BCUT2D eigenvalue weighted by Crippen LogP contribution is -2.11. The Morgan fingerprint density at radius 1 is 1.13 bits per heavy atom. The molecule has 0 fully saturated rings. The molecule has 23 heavy (non-hydrogen) atoms. The van der Waals surface area contributed by atoms with Gasteiger partial charge < -0.3 is 5.32 Å². The van der Waals surface area contributed by atoms with Crippen LogP contribution < -0.4 is 5.32 Å². The Hall–Kier alpha value is -2.40. The van der Waals surface area contributed by atoms with E-state index in [1.807, 2.05) is 30.5 Å². The summed E-state index contributed by atoms with van der Waals surface area (Å²) in [5.41, 5.74) is 4.17. The maximum Gasteiger partial charge on any atom is 0.161 e. The zero-order valence-corrected chi connectivity index (χ0v) is 13.3. The largest absolute Gasteiger partial charge is 0.337 e. The van der Waals surface area contributed by atoms with Crippen LogP contribution in [0.25, 0.3) is 11.4 Å². The molecule has 0 spiro atoms. The number of nitrogens with one attached hydrogen (secondary N) is 2. The molecule has 0 radical (unpaired) electrons. The summed E-state index contributed by atoms with van der Waals surface area (Å²) >= 11 is 6.11. The zero-order valence-electron chi connectivity index (χ0n) is 12.5. The molecule has 1 aliphatic rings. The third-order valence-corrected chi connectivity index (χ3v) is 4.26. The first-order valence-corrected chi connectivity index (χ1v) is 8.09. The number of anilines is 2. The smallest absolute Gasteiger partial charge is 0.161 e. The van der Waals surface area contributed by atoms with Crippen molar-refractivity contribution in [2.45, 2.75) is 25.7 Å². The van der Waals surface area contributed by atoms with Crippen LogP contribution in [0.5, 0.6) is 0 Å². The van der Waals surface area contributed by atoms with Crippen molar-refractivity contribution in [3.05, 3.63) is 52.9 Å². The molecule has 2 N–H and O–H groups in total. The summed E-state index contributed by atoms with van der Waals surface area (Å²) in [5, 5.41) is 10.8. The standard InChI is InChI=1S/C17H16ClN5/c18-12-5-3-4-11(8-12)16-22-15-7-2-1-6-14(15)17(23-16)21-13-9-19-20-10-13/h3-5,8-10H,1-2,6-7H2,(H,19,20)(H,21,22,23). The van der Waals surface area contributed by atoms with Crippen molar-refractivity contribution in [2.24, 2.45) is 0 Å². The van der Waals surface area contributed by atoms with Crippen molar-refractivity contribution < 1.29 is 0 Å². The molecule has 5 nitrogen and oxygen atoms in total. The van der Waals surface area contributed by atoms with Crippen LogP contribution in [-0.2, 0) is 12.8 Å². The molecule has 0 amide bonds. The monoisotopic (exact) mass is 325 g/mol. The summed E-state index contributed by atoms with van der Waals surface area (Å²) in [4.78, 5) is 9.53. The maximum absolute atomic E-state index is 6.11. The summed E-state index contributed by atoms with van der Waals surface area (Å²) in [7, 11) is 0. The van der Waals surface area contributed by atoms with Gasteiger partial charge in [-0.15, -0.1) is 0 Å². The second kappa shape index (κ2) is 6.01. The second-order valence-electron chi connectivity index (χ2n) is 5.65. The van der Waals surface area contributed by atoms with Crippen LogP contribution in [0, 0.1) is 0 Å². The van der Waals surface area contributed by atoms with E-state index in [1.165, 1.54) is 18.4 Å². The van der Waals surface area contributed by atoms with Gasteiger partial charge in [-0.2, -0.15) is 5.10 Å². The van der Waals surface area contributed by atoms with Gasteiger partial charge in [-0.1, -0.05) is 23.7 Å². The van der Waals surface area contributed by atoms with Gasteiger partial charge in [0.05, 0.1) is 11.9 Å². The minimum Gasteiger partial charge on any atom is -0.337 e. The Balaban J connectivity index is 1.81. The number of nitrogens with zero attached hydrogens (tertiary/aromatic N) is 3. The molecule has 0 aliphatic heterocycles. The number of benzene rings is 1. The van der Waals surface area contributed by atoms with Crippen LogP contribution in [0.3, 0.4) is 0 Å². The Morgan fingerprint density at radius 2 is 2.04 bits per heavy atom. The topological polar surface area (TPSA) is 66.5 Å². The van der Waals surface area contributed by atoms with E-state index in [-0.39, 0.29) is 0 Å². The Kier molecular flexibility index (Phi) is 3.71. The highest BCUT2D eigenvalue weighted by Crippen LogP contribution is 2.30. The fourth-order valence-corrected chi connectivity index (χ4v) is 3.10. The lowest BCUT2D eigenvalue weighted by molar-refractivity contribution is 0.665. The molecule has 3 aromatic rings. The van der Waals surface area contributed by atoms with Crippen molar-refractivity contribution in [1.82, 2.24) is 20.2 Å². The van der Waals surface area contributed by atoms with Crippen LogP contribution in [0.1, 0.15) is 24.1 Å². The average Bonchev–Trinajstić information content (AvgIpc) is 3.08. The molecule has 1 aromatic carbocycles. The molecule has 0 unspecified atom stereocenters. The van der Waals surface area contributed by atoms with Crippen molar-refractivity contribution in [2.75, 3.05) is 5.32 Å². The highest BCUT2D eigenvalue weighted by atomic mass is 35.5. The normalized spacial score (nSPS) is 13.6. The molecule has 2 heterocycles. The van der Waals surface area contributed by atoms with E-state index < -0.39 is 0 Å². The number of fused-ring (bicyclic) bond motifs is 1. The first kappa shape index (κ1) is 14.2. The SMILES string of the molecule is Clc1cccc(-c2nc3c(c(Nc4cn[nH]c4)n2)CCCC3)c1. The third kappa shape index (κ3) is 2.92. The molecule has 0 saturated heterocycles. The summed E-state index contributed by atoms with van der Waals surface area (Å²) in [5.74, 6) is 1.57. The van der Waals surface area contributed by atoms with E-state index in [9.17, 15) is 0 Å². The fourth-order valence-electron chi connectivity index (χ4n) is 2.91. The van der Waals surface area contributed by atoms with Gasteiger partial charge in [0.25, 0.3) is 0 Å². The van der Waals surface area contributed by atoms with E-state index in [1.54, 1.807) is 6.20 Å². The predicted octanol–water partition coefficient (Wildman–Crippen LogP) is 4.14. The molecule has 2 aromatic heterocycles. The number of halogens is 1. The van der Waals surface area contributed by atoms with Crippen LogP contribution in [-0.4, -0.2) is 20.2 Å². The minimum atomic E-state index is 0.688. The second-order valence-corrected chi connectivity index (χ2v) is 6.09. The van der Waals surface area contributed by atoms with Crippen LogP contribution in [0.15, 0.2) is 36.7 Å². The molecular weight excluding hydrogens is 310 g/mol. The quantitative estimate of drug-likeness (QED) is 0.759. The Bertz CT molecular complexity index is 829. The molecule has 0 atom stereocenters. The van der Waals surface area contributed by atoms with Crippen molar-refractivity contribution in [3.63, 3.8) is 0 Å². The fraction of sp³-hybridized carbons (Fsp3) is 0.235. The van der Waals surface area contributed by atoms with Gasteiger partial charge in [0.1, 0.15) is 5.82 Å². The number of H-pyrrole nitrogens is 1. The lowest BCUT2D eigenvalue weighted by atomic mass is 9.96. The van der Waals surface area contributed by atoms with Gasteiger partial charge in [-0.3, -0.25) is 5.10 Å². The zero-order chi connectivity index (χ0) is 15.6. The van der Waals surface area contributed by atoms with Gasteiger partial charge in [0, 0.05) is 28.0 Å². The van der Waals surface area contributed by atoms with Crippen molar-refractivity contribution in [3.8, 4) is 11.4 Å². The summed E-state index contributed by atoms with van der Waals surface area (Å²) < 4.78 is 0. The van der Waals surface area contributed by atoms with E-state index in [0.29, 0.717) is 10.8 Å². The highest BCUT2D eigenvalue weighted by molar-refractivity contribution is 6.30. The maximum atomic E-state index is 6.11. The number of aromatic amines is 1. The summed E-state index contributed by atoms with van der Waals surface area (Å²) in [6.45, 7) is 0. The van der Waals surface area contributed by atoms with Gasteiger partial charge in [-0.25, -0.2) is 9.97 Å². The first-order valence-electron chi connectivity index (χ1n) is 7.71. The summed E-state index contributed by atoms with van der Waals surface area (Å²) in [6.07, 6.45) is 7.90. The number of aromatic nitrogens is 4. The van der Waals surface area contributed by atoms with Crippen molar-refractivity contribution in [1.29, 1.82) is 0 Å². The van der Waals surface area contributed by atoms with E-state index in [2.05, 4.69) is 15.5 Å². The van der Waals surface area contributed by atoms with Gasteiger partial charge >= 0.3 is 0 Å². The molecule has 0 saturated carbocycles. The van der Waals surface area contributed by atoms with Crippen LogP contribution >= 0.6 is 11.6 Å². The number of aryl methyl sites for hydroxylation is 1. The van der Waals surface area contributed by atoms with Crippen LogP contribution in [0.4, 0.5) is 11.5 Å². The molecule has 1 aliphatic carbocycles. The Labute approximate surface area is 139 Å². The molecule has 0 bridgehead atoms. The van der Waals surface area contributed by atoms with Crippen molar-refractivity contribution >= 4 is 23.1 Å². The molecule has 4 rings (SSSR count). The van der Waals surface area contributed by atoms with Gasteiger partial charge in [-0.05, 0) is 37.8 Å². The number of hydrogen-bond donors (Lipinski definition) is 2. The number of rotatable bonds is 3. The predicted molar refractivity (Wildman–Crippen MR) is 91.0 cm³/mol. The molecule has 6 heteroatoms. The van der Waals surface area contributed by atoms with E-state index in [0.717, 1.165) is 35.6 Å². The minimum absolute atomic E-state index is 0.688. The van der Waals surface area contributed by atoms with Gasteiger partial charge in [0.2, 0.25) is 0 Å². The average molecular weight is 326 g/mol. The third-order valence-electron chi connectivity index (χ3n) is 4.03. The Morgan fingerprint density at radius 3 is 2.87 bits per heavy atom. The molecule has 116 valence electrons. The van der Waals surface area contributed by atoms with E-state index >= 15 is 0 Å². The first-order chi connectivity index (χ1) is 11.3. The molecular formula is C17H16ClN5. The van der Waals surface area contributed by atoms with E-state index in [4.69, 9.17) is 21.6 Å². The van der Waals surface area contributed by atoms with Gasteiger partial charge in [0.15, 0.2) is 5.82 Å².